The van der Waals surface area contributed by atoms with Crippen LogP contribution in [0.1, 0.15) is 479 Å². The molecule has 0 aliphatic carbocycles. The molecule has 0 saturated carbocycles. The van der Waals surface area contributed by atoms with Crippen LogP contribution >= 0.6 is 15.6 Å². The SMILES string of the molecule is CCCCCCCCCCCCCCCCCCCC(=O)O[C@H](COC(=O)CCCCCCCCCCC(C)C)COP(=O)(O)OC[C@H](O)COP(=O)(O)OC[C@@H](COC(=O)CCCCCCCCCCCCCCCCCCC(C)C)OC(=O)CCCCCCCCCCCCCCCCCCCCC(C)CC. The fraction of sp³-hybridized carbons (Fsp3) is 0.956. The summed E-state index contributed by atoms with van der Waals surface area (Å²) in [6.07, 6.45) is 72.2. The standard InChI is InChI=1S/C90H176O17P2/c1-8-10-11-12-13-14-15-16-17-20-28-33-38-43-52-59-66-74-90(95)107-86(78-101-88(93)72-65-58-51-46-45-48-55-62-69-82(5)6)80-105-109(98,99)103-76-84(91)75-102-108(96,97)104-79-85(77-100-87(92)71-64-57-50-42-37-32-27-24-23-25-30-35-40-47-54-61-68-81(3)4)106-89(94)73-67-60-53-44-39-34-29-22-19-18-21-26-31-36-41-49-56-63-70-83(7)9-2/h81-86,91H,8-80H2,1-7H3,(H,96,97)(H,98,99)/t83?,84-,85-,86-/m1/s1. The van der Waals surface area contributed by atoms with Crippen LogP contribution in [0, 0.1) is 17.8 Å². The van der Waals surface area contributed by atoms with Crippen LogP contribution in [0.4, 0.5) is 0 Å². The number of unbranched alkanes of at least 4 members (excludes halogenated alkanes) is 55. The Kier molecular flexibility index (Phi) is 78.5. The highest BCUT2D eigenvalue weighted by Gasteiger charge is 2.31. The van der Waals surface area contributed by atoms with Crippen LogP contribution in [0.25, 0.3) is 0 Å². The first-order chi connectivity index (χ1) is 52.8. The molecule has 0 fully saturated rings. The van der Waals surface area contributed by atoms with E-state index in [1.54, 1.807) is 0 Å². The highest BCUT2D eigenvalue weighted by atomic mass is 31.2. The summed E-state index contributed by atoms with van der Waals surface area (Å²) in [7, 11) is -9.93. The number of ether oxygens (including phenoxy) is 4. The topological polar surface area (TPSA) is 237 Å². The molecule has 0 aromatic carbocycles. The lowest BCUT2D eigenvalue weighted by molar-refractivity contribution is -0.161. The molecule has 0 bridgehead atoms. The fourth-order valence-electron chi connectivity index (χ4n) is 14.0. The second kappa shape index (κ2) is 79.9. The van der Waals surface area contributed by atoms with Crippen molar-refractivity contribution in [3.8, 4) is 0 Å². The van der Waals surface area contributed by atoms with Gasteiger partial charge in [-0.3, -0.25) is 37.3 Å². The number of rotatable bonds is 88. The van der Waals surface area contributed by atoms with Crippen molar-refractivity contribution in [1.82, 2.24) is 0 Å². The molecule has 0 aromatic rings. The summed E-state index contributed by atoms with van der Waals surface area (Å²) in [5.74, 6) is 0.310. The van der Waals surface area contributed by atoms with Crippen LogP contribution in [0.5, 0.6) is 0 Å². The third kappa shape index (κ3) is 82.4. The van der Waals surface area contributed by atoms with E-state index in [0.717, 1.165) is 108 Å². The Hall–Kier alpha value is -1.94. The molecule has 0 heterocycles. The lowest BCUT2D eigenvalue weighted by Gasteiger charge is -2.21. The zero-order valence-electron chi connectivity index (χ0n) is 72.0. The Balaban J connectivity index is 5.24. The predicted octanol–water partition coefficient (Wildman–Crippen LogP) is 27.6. The van der Waals surface area contributed by atoms with Crippen molar-refractivity contribution in [2.24, 2.45) is 17.8 Å². The first kappa shape index (κ1) is 107. The lowest BCUT2D eigenvalue weighted by atomic mass is 9.99. The zero-order valence-corrected chi connectivity index (χ0v) is 73.8. The van der Waals surface area contributed by atoms with E-state index in [9.17, 15) is 43.2 Å². The summed E-state index contributed by atoms with van der Waals surface area (Å²) < 4.78 is 69.0. The molecule has 3 N–H and O–H groups in total. The van der Waals surface area contributed by atoms with Crippen LogP contribution in [0.15, 0.2) is 0 Å². The number of aliphatic hydroxyl groups is 1. The monoisotopic (exact) mass is 1590 g/mol. The van der Waals surface area contributed by atoms with Crippen molar-refractivity contribution in [3.05, 3.63) is 0 Å². The van der Waals surface area contributed by atoms with E-state index < -0.39 is 97.5 Å². The van der Waals surface area contributed by atoms with Gasteiger partial charge in [-0.25, -0.2) is 9.13 Å². The molecule has 109 heavy (non-hydrogen) atoms. The van der Waals surface area contributed by atoms with Crippen LogP contribution in [-0.2, 0) is 65.4 Å². The minimum Gasteiger partial charge on any atom is -0.462 e. The fourth-order valence-corrected chi connectivity index (χ4v) is 15.6. The lowest BCUT2D eigenvalue weighted by Crippen LogP contribution is -2.30. The molecule has 0 radical (unpaired) electrons. The smallest absolute Gasteiger partial charge is 0.462 e. The van der Waals surface area contributed by atoms with Gasteiger partial charge in [-0.2, -0.15) is 0 Å². The van der Waals surface area contributed by atoms with Crippen molar-refractivity contribution in [3.63, 3.8) is 0 Å². The number of carbonyl (C=O) groups is 4. The highest BCUT2D eigenvalue weighted by Crippen LogP contribution is 2.45. The molecule has 0 amide bonds. The summed E-state index contributed by atoms with van der Waals surface area (Å²) in [6.45, 7) is 12.1. The van der Waals surface area contributed by atoms with Crippen LogP contribution in [0.2, 0.25) is 0 Å². The van der Waals surface area contributed by atoms with Crippen molar-refractivity contribution in [2.75, 3.05) is 39.6 Å². The van der Waals surface area contributed by atoms with Gasteiger partial charge < -0.3 is 33.8 Å². The average Bonchev–Trinajstić information content (AvgIpc) is 0.900. The molecule has 6 atom stereocenters. The molecule has 19 heteroatoms. The summed E-state index contributed by atoms with van der Waals surface area (Å²) in [6, 6.07) is 0. The molecular formula is C90H176O17P2. The molecule has 0 aliphatic rings. The van der Waals surface area contributed by atoms with Gasteiger partial charge in [-0.15, -0.1) is 0 Å². The van der Waals surface area contributed by atoms with E-state index in [1.807, 2.05) is 0 Å². The first-order valence-corrected chi connectivity index (χ1v) is 49.4. The van der Waals surface area contributed by atoms with Crippen molar-refractivity contribution in [1.29, 1.82) is 0 Å². The summed E-state index contributed by atoms with van der Waals surface area (Å²) in [4.78, 5) is 73.4. The van der Waals surface area contributed by atoms with Gasteiger partial charge in [0.15, 0.2) is 12.2 Å². The van der Waals surface area contributed by atoms with Crippen molar-refractivity contribution < 1.29 is 80.2 Å². The van der Waals surface area contributed by atoms with Gasteiger partial charge in [0.25, 0.3) is 0 Å². The molecule has 0 saturated heterocycles. The van der Waals surface area contributed by atoms with E-state index in [2.05, 4.69) is 48.5 Å². The van der Waals surface area contributed by atoms with Gasteiger partial charge in [0.2, 0.25) is 0 Å². The zero-order chi connectivity index (χ0) is 80.0. The predicted molar refractivity (Wildman–Crippen MR) is 451 cm³/mol. The van der Waals surface area contributed by atoms with E-state index in [-0.39, 0.29) is 25.7 Å². The van der Waals surface area contributed by atoms with Gasteiger partial charge in [0.1, 0.15) is 19.3 Å². The van der Waals surface area contributed by atoms with Gasteiger partial charge >= 0.3 is 39.5 Å². The third-order valence-electron chi connectivity index (χ3n) is 21.5. The molecule has 0 spiro atoms. The van der Waals surface area contributed by atoms with E-state index in [1.165, 1.54) is 289 Å². The maximum absolute atomic E-state index is 13.2. The summed E-state index contributed by atoms with van der Waals surface area (Å²) >= 11 is 0. The number of hydrogen-bond acceptors (Lipinski definition) is 15. The first-order valence-electron chi connectivity index (χ1n) is 46.4. The van der Waals surface area contributed by atoms with E-state index >= 15 is 0 Å². The average molecular weight is 1590 g/mol. The van der Waals surface area contributed by atoms with Crippen LogP contribution < -0.4 is 0 Å². The molecule has 0 rings (SSSR count). The van der Waals surface area contributed by atoms with E-state index in [4.69, 9.17) is 37.0 Å². The van der Waals surface area contributed by atoms with E-state index in [0.29, 0.717) is 25.7 Å². The quantitative estimate of drug-likeness (QED) is 0.0222. The highest BCUT2D eigenvalue weighted by molar-refractivity contribution is 7.47. The van der Waals surface area contributed by atoms with Crippen LogP contribution in [0.3, 0.4) is 0 Å². The Bertz CT molecular complexity index is 2100. The number of carbonyl (C=O) groups excluding carboxylic acids is 4. The van der Waals surface area contributed by atoms with Crippen molar-refractivity contribution in [2.45, 2.75) is 497 Å². The second-order valence-electron chi connectivity index (χ2n) is 33.5. The van der Waals surface area contributed by atoms with Crippen molar-refractivity contribution >= 4 is 39.5 Å². The number of esters is 4. The van der Waals surface area contributed by atoms with Gasteiger partial charge in [0.05, 0.1) is 26.4 Å². The van der Waals surface area contributed by atoms with Gasteiger partial charge in [-0.05, 0) is 43.4 Å². The third-order valence-corrected chi connectivity index (χ3v) is 23.4. The normalized spacial score (nSPS) is 14.1. The molecule has 17 nitrogen and oxygen atoms in total. The Morgan fingerprint density at radius 2 is 0.468 bits per heavy atom. The van der Waals surface area contributed by atoms with Crippen LogP contribution in [-0.4, -0.2) is 96.7 Å². The number of phosphoric ester groups is 2. The molecular weight excluding hydrogens is 1410 g/mol. The minimum atomic E-state index is -4.97. The number of hydrogen-bond donors (Lipinski definition) is 3. The van der Waals surface area contributed by atoms with Gasteiger partial charge in [0, 0.05) is 25.7 Å². The minimum absolute atomic E-state index is 0.108. The Labute approximate surface area is 670 Å². The molecule has 0 aliphatic heterocycles. The Morgan fingerprint density at radius 3 is 0.697 bits per heavy atom. The number of aliphatic hydroxyl groups excluding tert-OH is 1. The summed E-state index contributed by atoms with van der Waals surface area (Å²) in [5.41, 5.74) is 0. The Morgan fingerprint density at radius 1 is 0.266 bits per heavy atom. The molecule has 3 unspecified atom stereocenters. The second-order valence-corrected chi connectivity index (χ2v) is 36.4. The largest absolute Gasteiger partial charge is 0.472 e. The molecule has 0 aromatic heterocycles. The molecule has 648 valence electrons. The maximum Gasteiger partial charge on any atom is 0.472 e. The summed E-state index contributed by atoms with van der Waals surface area (Å²) in [5, 5.41) is 10.7. The maximum atomic E-state index is 13.2. The number of phosphoric acid groups is 2. The van der Waals surface area contributed by atoms with Gasteiger partial charge in [-0.1, -0.05) is 427 Å².